The Hall–Kier alpha value is -2.52. The summed E-state index contributed by atoms with van der Waals surface area (Å²) in [6.45, 7) is 6.62. The van der Waals surface area contributed by atoms with Gasteiger partial charge < -0.3 is 0 Å². The van der Waals surface area contributed by atoms with Crippen LogP contribution >= 0.6 is 11.3 Å². The van der Waals surface area contributed by atoms with E-state index in [1.54, 1.807) is 11.3 Å². The van der Waals surface area contributed by atoms with Crippen LogP contribution in [0.4, 0.5) is 5.69 Å². The number of rotatable bonds is 2. The van der Waals surface area contributed by atoms with Gasteiger partial charge in [-0.1, -0.05) is 23.8 Å². The lowest BCUT2D eigenvalue weighted by Gasteiger charge is -2.15. The summed E-state index contributed by atoms with van der Waals surface area (Å²) < 4.78 is 3.27. The molecule has 0 saturated carbocycles. The predicted molar refractivity (Wildman–Crippen MR) is 112 cm³/mol. The molecule has 0 unspecified atom stereocenters. The molecule has 0 atom stereocenters. The molecule has 0 N–H and O–H groups in total. The third-order valence-electron chi connectivity index (χ3n) is 5.32. The average molecular weight is 361 g/mol. The van der Waals surface area contributed by atoms with Gasteiger partial charge in [-0.25, -0.2) is 0 Å². The standard InChI is InChI=1S/C23H22NOS/c1-15-9-11-19-18(13-15)23(2,3)21(24(19)4)12-10-16-14-26-20-8-6-5-7-17(20)22(16)25/h5-14H,1-4H3/q+1/b12-10+. The largest absolute Gasteiger partial charge is 0.289 e. The van der Waals surface area contributed by atoms with E-state index >= 15 is 0 Å². The Balaban J connectivity index is 1.80. The number of fused-ring (bicyclic) bond motifs is 2. The second-order valence-electron chi connectivity index (χ2n) is 7.44. The van der Waals surface area contributed by atoms with Crippen LogP contribution in [0.25, 0.3) is 16.2 Å². The third-order valence-corrected chi connectivity index (χ3v) is 6.30. The van der Waals surface area contributed by atoms with E-state index in [2.05, 4.69) is 56.7 Å². The number of hydrogen-bond donors (Lipinski definition) is 0. The second kappa shape index (κ2) is 6.03. The molecular weight excluding hydrogens is 338 g/mol. The van der Waals surface area contributed by atoms with E-state index in [0.717, 1.165) is 15.6 Å². The molecule has 0 amide bonds. The molecule has 1 aromatic heterocycles. The lowest BCUT2D eigenvalue weighted by Crippen LogP contribution is -2.26. The topological polar surface area (TPSA) is 20.1 Å². The first-order valence-electron chi connectivity index (χ1n) is 8.80. The van der Waals surface area contributed by atoms with Crippen molar-refractivity contribution in [1.29, 1.82) is 0 Å². The van der Waals surface area contributed by atoms with Crippen molar-refractivity contribution < 1.29 is 4.58 Å². The Labute approximate surface area is 157 Å². The van der Waals surface area contributed by atoms with Gasteiger partial charge in [0, 0.05) is 38.7 Å². The summed E-state index contributed by atoms with van der Waals surface area (Å²) in [6, 6.07) is 14.4. The molecule has 130 valence electrons. The van der Waals surface area contributed by atoms with Crippen molar-refractivity contribution in [1.82, 2.24) is 0 Å². The van der Waals surface area contributed by atoms with Crippen molar-refractivity contribution in [2.45, 2.75) is 26.2 Å². The van der Waals surface area contributed by atoms with Gasteiger partial charge in [-0.2, -0.15) is 4.58 Å². The summed E-state index contributed by atoms with van der Waals surface area (Å²) in [5, 5.41) is 2.75. The SMILES string of the molecule is Cc1ccc2c(c1)C(C)(C)C(/C=C/c1csc3ccccc3c1=O)=[N+]2C. The molecule has 2 heterocycles. The van der Waals surface area contributed by atoms with Gasteiger partial charge in [0.2, 0.25) is 5.69 Å². The zero-order chi connectivity index (χ0) is 18.5. The highest BCUT2D eigenvalue weighted by molar-refractivity contribution is 7.16. The molecule has 1 aliphatic rings. The molecule has 0 bridgehead atoms. The minimum atomic E-state index is -0.0874. The normalized spacial score (nSPS) is 15.8. The van der Waals surface area contributed by atoms with Gasteiger partial charge in [-0.15, -0.1) is 11.3 Å². The maximum Gasteiger partial charge on any atom is 0.209 e. The molecule has 3 heteroatoms. The monoisotopic (exact) mass is 360 g/mol. The smallest absolute Gasteiger partial charge is 0.209 e. The number of aryl methyl sites for hydroxylation is 1. The highest BCUT2D eigenvalue weighted by atomic mass is 32.1. The van der Waals surface area contributed by atoms with E-state index in [0.29, 0.717) is 0 Å². The molecule has 0 aliphatic carbocycles. The molecule has 3 aromatic rings. The van der Waals surface area contributed by atoms with Crippen LogP contribution in [0.1, 0.15) is 30.5 Å². The van der Waals surface area contributed by atoms with Crippen LogP contribution in [-0.4, -0.2) is 17.3 Å². The fraction of sp³-hybridized carbons (Fsp3) is 0.217. The molecule has 26 heavy (non-hydrogen) atoms. The Bertz CT molecular complexity index is 1150. The van der Waals surface area contributed by atoms with Crippen molar-refractivity contribution in [2.75, 3.05) is 7.05 Å². The maximum atomic E-state index is 12.8. The zero-order valence-corrected chi connectivity index (χ0v) is 16.4. The summed E-state index contributed by atoms with van der Waals surface area (Å²) in [7, 11) is 2.10. The molecule has 0 fully saturated rings. The Morgan fingerprint density at radius 1 is 1.08 bits per heavy atom. The number of nitrogens with zero attached hydrogens (tertiary/aromatic N) is 1. The van der Waals surface area contributed by atoms with Gasteiger partial charge in [0.1, 0.15) is 7.05 Å². The minimum absolute atomic E-state index is 0.0874. The first kappa shape index (κ1) is 16.9. The predicted octanol–water partition coefficient (Wildman–Crippen LogP) is 5.29. The van der Waals surface area contributed by atoms with Gasteiger partial charge in [0.25, 0.3) is 0 Å². The van der Waals surface area contributed by atoms with Crippen molar-refractivity contribution in [3.05, 3.63) is 80.8 Å². The number of hydrogen-bond acceptors (Lipinski definition) is 2. The Morgan fingerprint density at radius 2 is 1.85 bits per heavy atom. The van der Waals surface area contributed by atoms with Crippen LogP contribution in [0.3, 0.4) is 0 Å². The molecule has 0 spiro atoms. The van der Waals surface area contributed by atoms with Gasteiger partial charge in [-0.05, 0) is 45.0 Å². The molecule has 0 saturated heterocycles. The summed E-state index contributed by atoms with van der Waals surface area (Å²) in [6.07, 6.45) is 4.07. The van der Waals surface area contributed by atoms with Gasteiger partial charge in [-0.3, -0.25) is 4.79 Å². The number of allylic oxidation sites excluding steroid dienone is 1. The summed E-state index contributed by atoms with van der Waals surface area (Å²) in [5.41, 5.74) is 5.81. The highest BCUT2D eigenvalue weighted by Crippen LogP contribution is 2.39. The molecule has 4 rings (SSSR count). The molecule has 0 radical (unpaired) electrons. The van der Waals surface area contributed by atoms with E-state index in [9.17, 15) is 4.79 Å². The second-order valence-corrected chi connectivity index (χ2v) is 8.35. The summed E-state index contributed by atoms with van der Waals surface area (Å²) in [5.74, 6) is 0. The van der Waals surface area contributed by atoms with Crippen molar-refractivity contribution in [2.24, 2.45) is 0 Å². The maximum absolute atomic E-state index is 12.8. The molecular formula is C23H22NOS+. The van der Waals surface area contributed by atoms with Crippen molar-refractivity contribution in [3.63, 3.8) is 0 Å². The van der Waals surface area contributed by atoms with Crippen LogP contribution in [0, 0.1) is 6.92 Å². The van der Waals surface area contributed by atoms with Gasteiger partial charge in [0.15, 0.2) is 11.1 Å². The van der Waals surface area contributed by atoms with Gasteiger partial charge in [0.05, 0.1) is 5.41 Å². The first-order chi connectivity index (χ1) is 12.4. The lowest BCUT2D eigenvalue weighted by molar-refractivity contribution is -0.401. The molecule has 2 aromatic carbocycles. The first-order valence-corrected chi connectivity index (χ1v) is 9.68. The summed E-state index contributed by atoms with van der Waals surface area (Å²) in [4.78, 5) is 12.8. The van der Waals surface area contributed by atoms with Crippen LogP contribution in [0.2, 0.25) is 0 Å². The summed E-state index contributed by atoms with van der Waals surface area (Å²) >= 11 is 1.62. The zero-order valence-electron chi connectivity index (χ0n) is 15.5. The van der Waals surface area contributed by atoms with E-state index in [1.165, 1.54) is 22.5 Å². The lowest BCUT2D eigenvalue weighted by atomic mass is 9.81. The van der Waals surface area contributed by atoms with E-state index < -0.39 is 0 Å². The van der Waals surface area contributed by atoms with Crippen molar-refractivity contribution >= 4 is 38.9 Å². The fourth-order valence-electron chi connectivity index (χ4n) is 3.83. The fourth-order valence-corrected chi connectivity index (χ4v) is 4.71. The highest BCUT2D eigenvalue weighted by Gasteiger charge is 2.42. The van der Waals surface area contributed by atoms with Crippen LogP contribution < -0.4 is 5.43 Å². The average Bonchev–Trinajstić information content (AvgIpc) is 2.81. The number of benzene rings is 2. The Kier molecular flexibility index (Phi) is 3.92. The molecule has 1 aliphatic heterocycles. The Morgan fingerprint density at radius 3 is 2.65 bits per heavy atom. The van der Waals surface area contributed by atoms with E-state index in [1.807, 2.05) is 35.7 Å². The van der Waals surface area contributed by atoms with Crippen LogP contribution in [0.5, 0.6) is 0 Å². The van der Waals surface area contributed by atoms with Gasteiger partial charge >= 0.3 is 0 Å². The van der Waals surface area contributed by atoms with Crippen molar-refractivity contribution in [3.8, 4) is 0 Å². The van der Waals surface area contributed by atoms with E-state index in [-0.39, 0.29) is 10.8 Å². The van der Waals surface area contributed by atoms with Crippen LogP contribution in [-0.2, 0) is 5.41 Å². The van der Waals surface area contributed by atoms with Crippen LogP contribution in [0.15, 0.2) is 58.7 Å². The third kappa shape index (κ3) is 2.55. The quantitative estimate of drug-likeness (QED) is 0.569. The molecule has 2 nitrogen and oxygen atoms in total. The van der Waals surface area contributed by atoms with E-state index in [4.69, 9.17) is 0 Å². The minimum Gasteiger partial charge on any atom is -0.289 e.